The molecule has 5 unspecified atom stereocenters. The second-order valence-corrected chi connectivity index (χ2v) is 14.4. The van der Waals surface area contributed by atoms with Gasteiger partial charge in [-0.25, -0.2) is 0 Å². The van der Waals surface area contributed by atoms with Crippen molar-refractivity contribution < 1.29 is 37.9 Å². The molecule has 0 bridgehead atoms. The van der Waals surface area contributed by atoms with Crippen LogP contribution < -0.4 is 9.47 Å². The maximum Gasteiger partial charge on any atom is 0.145 e. The lowest BCUT2D eigenvalue weighted by molar-refractivity contribution is -0.109. The first kappa shape index (κ1) is 35.7. The molecule has 4 heterocycles. The SMILES string of the molecule is CC/C=C(\C=C/CC(c1ccc(OCC2CO2)cc1)c1ccc(C(C2=CC=C(OC3COC3)CC2)c2ccc(OCC3CO3)cc2)cc1)OCC1CO1. The maximum atomic E-state index is 6.17. The highest BCUT2D eigenvalue weighted by atomic mass is 16.6. The number of rotatable bonds is 20. The normalized spacial score (nSPS) is 23.3. The highest BCUT2D eigenvalue weighted by molar-refractivity contribution is 5.47. The van der Waals surface area contributed by atoms with Crippen molar-refractivity contribution in [2.24, 2.45) is 0 Å². The number of epoxide rings is 3. The van der Waals surface area contributed by atoms with Crippen LogP contribution in [-0.2, 0) is 28.4 Å². The second kappa shape index (κ2) is 17.2. The van der Waals surface area contributed by atoms with Gasteiger partial charge >= 0.3 is 0 Å². The molecule has 4 saturated heterocycles. The first-order chi connectivity index (χ1) is 26.2. The molecule has 4 fully saturated rings. The molecular formula is C45H50O8. The van der Waals surface area contributed by atoms with Crippen molar-refractivity contribution in [2.45, 2.75) is 68.9 Å². The van der Waals surface area contributed by atoms with Gasteiger partial charge in [0.25, 0.3) is 0 Å². The monoisotopic (exact) mass is 718 g/mol. The second-order valence-electron chi connectivity index (χ2n) is 14.4. The molecular weight excluding hydrogens is 668 g/mol. The molecule has 0 amide bonds. The van der Waals surface area contributed by atoms with Crippen LogP contribution in [0.1, 0.15) is 66.7 Å². The van der Waals surface area contributed by atoms with Gasteiger partial charge in [0, 0.05) is 18.3 Å². The summed E-state index contributed by atoms with van der Waals surface area (Å²) < 4.78 is 45.5. The van der Waals surface area contributed by atoms with Crippen LogP contribution in [-0.4, -0.2) is 77.3 Å². The molecule has 3 aromatic rings. The van der Waals surface area contributed by atoms with Gasteiger partial charge in [0.1, 0.15) is 61.5 Å². The van der Waals surface area contributed by atoms with E-state index in [1.54, 1.807) is 0 Å². The lowest BCUT2D eigenvalue weighted by Gasteiger charge is -2.30. The summed E-state index contributed by atoms with van der Waals surface area (Å²) in [4.78, 5) is 0. The predicted octanol–water partition coefficient (Wildman–Crippen LogP) is 8.18. The van der Waals surface area contributed by atoms with Gasteiger partial charge < -0.3 is 37.9 Å². The molecule has 8 nitrogen and oxygen atoms in total. The maximum absolute atomic E-state index is 6.17. The number of hydrogen-bond acceptors (Lipinski definition) is 8. The van der Waals surface area contributed by atoms with E-state index < -0.39 is 0 Å². The summed E-state index contributed by atoms with van der Waals surface area (Å²) in [5.74, 6) is 3.92. The Kier molecular flexibility index (Phi) is 11.6. The third-order valence-corrected chi connectivity index (χ3v) is 10.2. The van der Waals surface area contributed by atoms with Gasteiger partial charge in [-0.2, -0.15) is 0 Å². The third kappa shape index (κ3) is 10.2. The van der Waals surface area contributed by atoms with Gasteiger partial charge in [0.15, 0.2) is 0 Å². The summed E-state index contributed by atoms with van der Waals surface area (Å²) in [5, 5.41) is 0. The lowest BCUT2D eigenvalue weighted by Crippen LogP contribution is -2.35. The molecule has 0 saturated carbocycles. The summed E-state index contributed by atoms with van der Waals surface area (Å²) in [6.45, 7) is 7.61. The number of ether oxygens (including phenoxy) is 8. The fourth-order valence-corrected chi connectivity index (χ4v) is 6.78. The zero-order valence-corrected chi connectivity index (χ0v) is 30.5. The van der Waals surface area contributed by atoms with E-state index in [1.807, 2.05) is 0 Å². The highest BCUT2D eigenvalue weighted by Crippen LogP contribution is 2.39. The fraction of sp³-hybridized carbons (Fsp3) is 0.422. The Morgan fingerprint density at radius 3 is 1.74 bits per heavy atom. The standard InChI is InChI=1S/C45H50O8/c1-2-4-36(47-25-40-28-50-40)5-3-6-44(32-11-17-37(18-12-32)48-26-41-29-51-41)31-7-9-33(10-8-31)45(34-13-19-38(20-14-34)49-27-42-30-52-42)35-15-21-39(22-16-35)53-43-23-46-24-43/h3-5,7-15,17-21,40-45H,2,6,16,22-30H2,1H3/b5-3-,36-4+. The molecule has 0 radical (unpaired) electrons. The Hall–Kier alpha value is -4.34. The van der Waals surface area contributed by atoms with E-state index in [1.165, 1.54) is 27.8 Å². The Morgan fingerprint density at radius 1 is 0.679 bits per heavy atom. The minimum atomic E-state index is 0.106. The molecule has 8 rings (SSSR count). The summed E-state index contributed by atoms with van der Waals surface area (Å²) in [7, 11) is 0. The number of hydrogen-bond donors (Lipinski definition) is 0. The van der Waals surface area contributed by atoms with E-state index in [4.69, 9.17) is 37.9 Å². The van der Waals surface area contributed by atoms with Gasteiger partial charge in [-0.3, -0.25) is 0 Å². The topological polar surface area (TPSA) is 83.7 Å². The Morgan fingerprint density at radius 2 is 1.23 bits per heavy atom. The number of allylic oxidation sites excluding steroid dienone is 7. The average Bonchev–Trinajstić information content (AvgIpc) is 4.02. The highest BCUT2D eigenvalue weighted by Gasteiger charge is 2.27. The Labute approximate surface area is 313 Å². The van der Waals surface area contributed by atoms with Crippen LogP contribution in [0.4, 0.5) is 0 Å². The minimum absolute atomic E-state index is 0.106. The lowest BCUT2D eigenvalue weighted by atomic mass is 9.80. The van der Waals surface area contributed by atoms with Crippen LogP contribution in [0, 0.1) is 0 Å². The van der Waals surface area contributed by atoms with Crippen LogP contribution in [0.2, 0.25) is 0 Å². The average molecular weight is 719 g/mol. The van der Waals surface area contributed by atoms with Gasteiger partial charge in [0.2, 0.25) is 0 Å². The van der Waals surface area contributed by atoms with Crippen LogP contribution in [0.3, 0.4) is 0 Å². The molecule has 5 aliphatic rings. The molecule has 0 aromatic heterocycles. The first-order valence-corrected chi connectivity index (χ1v) is 19.2. The van der Waals surface area contributed by atoms with E-state index in [-0.39, 0.29) is 36.3 Å². The van der Waals surface area contributed by atoms with Gasteiger partial charge in [-0.1, -0.05) is 73.2 Å². The molecule has 53 heavy (non-hydrogen) atoms. The molecule has 3 aromatic carbocycles. The Balaban J connectivity index is 1.04. The van der Waals surface area contributed by atoms with Crippen molar-refractivity contribution in [3.05, 3.63) is 143 Å². The molecule has 4 aliphatic heterocycles. The smallest absolute Gasteiger partial charge is 0.145 e. The van der Waals surface area contributed by atoms with Crippen LogP contribution in [0.25, 0.3) is 0 Å². The van der Waals surface area contributed by atoms with Crippen molar-refractivity contribution in [3.63, 3.8) is 0 Å². The van der Waals surface area contributed by atoms with Crippen LogP contribution in [0.5, 0.6) is 11.5 Å². The zero-order valence-electron chi connectivity index (χ0n) is 30.5. The van der Waals surface area contributed by atoms with E-state index in [0.717, 1.165) is 68.5 Å². The molecule has 0 N–H and O–H groups in total. The molecule has 278 valence electrons. The largest absolute Gasteiger partial charge is 0.491 e. The summed E-state index contributed by atoms with van der Waals surface area (Å²) >= 11 is 0. The molecule has 8 heteroatoms. The van der Waals surface area contributed by atoms with E-state index in [2.05, 4.69) is 110 Å². The molecule has 1 aliphatic carbocycles. The summed E-state index contributed by atoms with van der Waals surface area (Å²) in [6, 6.07) is 26.3. The first-order valence-electron chi connectivity index (χ1n) is 19.2. The van der Waals surface area contributed by atoms with Crippen molar-refractivity contribution in [3.8, 4) is 11.5 Å². The van der Waals surface area contributed by atoms with Crippen molar-refractivity contribution >= 4 is 0 Å². The van der Waals surface area contributed by atoms with E-state index >= 15 is 0 Å². The third-order valence-electron chi connectivity index (χ3n) is 10.2. The van der Waals surface area contributed by atoms with E-state index in [9.17, 15) is 0 Å². The summed E-state index contributed by atoms with van der Waals surface area (Å²) in [5.41, 5.74) is 6.36. The van der Waals surface area contributed by atoms with E-state index in [0.29, 0.717) is 33.0 Å². The van der Waals surface area contributed by atoms with Crippen molar-refractivity contribution in [1.82, 2.24) is 0 Å². The summed E-state index contributed by atoms with van der Waals surface area (Å²) in [6.07, 6.45) is 15.3. The fourth-order valence-electron chi connectivity index (χ4n) is 6.78. The van der Waals surface area contributed by atoms with Gasteiger partial charge in [-0.15, -0.1) is 0 Å². The minimum Gasteiger partial charge on any atom is -0.491 e. The van der Waals surface area contributed by atoms with Crippen molar-refractivity contribution in [2.75, 3.05) is 52.9 Å². The zero-order chi connectivity index (χ0) is 35.8. The molecule has 5 atom stereocenters. The van der Waals surface area contributed by atoms with Crippen molar-refractivity contribution in [1.29, 1.82) is 0 Å². The van der Waals surface area contributed by atoms with Crippen LogP contribution in [0.15, 0.2) is 120 Å². The number of benzene rings is 3. The van der Waals surface area contributed by atoms with Gasteiger partial charge in [0.05, 0.1) is 38.8 Å². The predicted molar refractivity (Wildman–Crippen MR) is 202 cm³/mol. The Bertz CT molecular complexity index is 1760. The molecule has 0 spiro atoms. The quantitative estimate of drug-likeness (QED) is 0.0658. The van der Waals surface area contributed by atoms with Crippen LogP contribution >= 0.6 is 0 Å². The van der Waals surface area contributed by atoms with Gasteiger partial charge in [-0.05, 0) is 84.0 Å².